The van der Waals surface area contributed by atoms with Crippen LogP contribution in [0.25, 0.3) is 0 Å². The Morgan fingerprint density at radius 3 is 2.87 bits per heavy atom. The number of aliphatic hydroxyl groups is 2. The normalized spacial score (nSPS) is 27.6. The summed E-state index contributed by atoms with van der Waals surface area (Å²) in [6.07, 6.45) is -2.94. The number of hydrogen-bond donors (Lipinski definition) is 4. The van der Waals surface area contributed by atoms with Gasteiger partial charge in [-0.15, -0.1) is 0 Å². The number of aromatic nitrogens is 2. The first kappa shape index (κ1) is 20.1. The van der Waals surface area contributed by atoms with E-state index in [2.05, 4.69) is 15.6 Å². The monoisotopic (exact) mass is 418 g/mol. The van der Waals surface area contributed by atoms with E-state index in [1.165, 1.54) is 18.3 Å². The van der Waals surface area contributed by atoms with Gasteiger partial charge in [-0.05, 0) is 36.8 Å². The van der Waals surface area contributed by atoms with Gasteiger partial charge in [0.1, 0.15) is 18.0 Å². The fourth-order valence-corrected chi connectivity index (χ4v) is 3.58. The molecule has 11 heteroatoms. The van der Waals surface area contributed by atoms with Gasteiger partial charge in [-0.3, -0.25) is 14.2 Å². The van der Waals surface area contributed by atoms with Crippen LogP contribution >= 0.6 is 0 Å². The largest absolute Gasteiger partial charge is 0.394 e. The lowest BCUT2D eigenvalue weighted by molar-refractivity contribution is -0.115. The van der Waals surface area contributed by atoms with Crippen LogP contribution in [0.5, 0.6) is 0 Å². The van der Waals surface area contributed by atoms with Gasteiger partial charge in [-0.25, -0.2) is 9.18 Å². The first-order chi connectivity index (χ1) is 14.2. The maximum absolute atomic E-state index is 14.9. The van der Waals surface area contributed by atoms with Gasteiger partial charge in [0.15, 0.2) is 11.9 Å². The molecular formula is C19H19FN4O6. The summed E-state index contributed by atoms with van der Waals surface area (Å²) in [5.74, 6) is -0.755. The predicted molar refractivity (Wildman–Crippen MR) is 102 cm³/mol. The van der Waals surface area contributed by atoms with Crippen LogP contribution in [0.1, 0.15) is 29.1 Å². The lowest BCUT2D eigenvalue weighted by atomic mass is 9.98. The van der Waals surface area contributed by atoms with Crippen LogP contribution in [0.3, 0.4) is 0 Å². The number of benzene rings is 1. The molecule has 2 aliphatic heterocycles. The molecule has 4 atom stereocenters. The van der Waals surface area contributed by atoms with Gasteiger partial charge in [-0.1, -0.05) is 0 Å². The minimum Gasteiger partial charge on any atom is -0.394 e. The highest BCUT2D eigenvalue weighted by molar-refractivity contribution is 6.06. The second-order valence-corrected chi connectivity index (χ2v) is 7.36. The first-order valence-corrected chi connectivity index (χ1v) is 9.17. The summed E-state index contributed by atoms with van der Waals surface area (Å²) in [5, 5.41) is 24.3. The summed E-state index contributed by atoms with van der Waals surface area (Å²) in [6.45, 7) is 0.447. The van der Waals surface area contributed by atoms with Crippen LogP contribution in [-0.2, 0) is 16.0 Å². The van der Waals surface area contributed by atoms with Crippen molar-refractivity contribution in [1.82, 2.24) is 9.55 Å². The second-order valence-electron chi connectivity index (χ2n) is 7.36. The number of nitrogens with one attached hydrogen (secondary N) is 2. The molecule has 1 aromatic heterocycles. The molecule has 3 heterocycles. The SMILES string of the molecule is CC1(F)C(n2ccc(NC(=O)c3ccc4c(c3)CC(=O)N4)nc2=O)O[C@H](CO)[C@H]1O. The van der Waals surface area contributed by atoms with Crippen molar-refractivity contribution in [3.05, 3.63) is 52.1 Å². The quantitative estimate of drug-likeness (QED) is 0.546. The maximum atomic E-state index is 14.9. The van der Waals surface area contributed by atoms with Gasteiger partial charge in [0.25, 0.3) is 5.91 Å². The molecule has 1 aromatic carbocycles. The van der Waals surface area contributed by atoms with E-state index in [4.69, 9.17) is 4.74 Å². The number of ether oxygens (including phenoxy) is 1. The van der Waals surface area contributed by atoms with Crippen molar-refractivity contribution >= 4 is 23.3 Å². The Morgan fingerprint density at radius 2 is 2.20 bits per heavy atom. The number of nitrogens with zero attached hydrogens (tertiary/aromatic N) is 2. The summed E-state index contributed by atoms with van der Waals surface area (Å²) in [5.41, 5.74) is -1.63. The number of rotatable bonds is 4. The molecule has 0 spiro atoms. The minimum absolute atomic E-state index is 0.0613. The fourth-order valence-electron chi connectivity index (χ4n) is 3.58. The van der Waals surface area contributed by atoms with Gasteiger partial charge >= 0.3 is 5.69 Å². The molecule has 2 aliphatic rings. The summed E-state index contributed by atoms with van der Waals surface area (Å²) in [6, 6.07) is 6.00. The molecular weight excluding hydrogens is 399 g/mol. The Labute approximate surface area is 169 Å². The average molecular weight is 418 g/mol. The molecule has 4 N–H and O–H groups in total. The van der Waals surface area contributed by atoms with E-state index in [-0.39, 0.29) is 23.7 Å². The number of carbonyl (C=O) groups excluding carboxylic acids is 2. The Balaban J connectivity index is 1.53. The molecule has 0 saturated carbocycles. The van der Waals surface area contributed by atoms with E-state index < -0.39 is 42.3 Å². The van der Waals surface area contributed by atoms with E-state index in [0.29, 0.717) is 11.3 Å². The van der Waals surface area contributed by atoms with Gasteiger partial charge in [0.2, 0.25) is 5.91 Å². The number of aliphatic hydroxyl groups excluding tert-OH is 2. The third-order valence-electron chi connectivity index (χ3n) is 5.21. The molecule has 2 unspecified atom stereocenters. The highest BCUT2D eigenvalue weighted by Crippen LogP contribution is 2.40. The van der Waals surface area contributed by atoms with E-state index in [1.807, 2.05) is 0 Å². The molecule has 158 valence electrons. The Hall–Kier alpha value is -3.15. The zero-order valence-electron chi connectivity index (χ0n) is 15.8. The fraction of sp³-hybridized carbons (Fsp3) is 0.368. The zero-order chi connectivity index (χ0) is 21.6. The molecule has 2 aromatic rings. The highest BCUT2D eigenvalue weighted by atomic mass is 19.1. The molecule has 10 nitrogen and oxygen atoms in total. The lowest BCUT2D eigenvalue weighted by Gasteiger charge is -2.24. The third kappa shape index (κ3) is 3.36. The van der Waals surface area contributed by atoms with Gasteiger partial charge < -0.3 is 25.6 Å². The van der Waals surface area contributed by atoms with Crippen molar-refractivity contribution in [3.8, 4) is 0 Å². The number of alkyl halides is 1. The smallest absolute Gasteiger partial charge is 0.351 e. The van der Waals surface area contributed by atoms with Crippen molar-refractivity contribution in [2.75, 3.05) is 17.2 Å². The van der Waals surface area contributed by atoms with Crippen LogP contribution in [0.15, 0.2) is 35.3 Å². The Kier molecular flexibility index (Phi) is 4.88. The highest BCUT2D eigenvalue weighted by Gasteiger charge is 2.55. The summed E-state index contributed by atoms with van der Waals surface area (Å²) >= 11 is 0. The standard InChI is InChI=1S/C19H19FN4O6/c1-19(20)15(27)12(8-25)30-17(19)24-5-4-13(23-18(24)29)22-16(28)9-2-3-11-10(6-9)7-14(26)21-11/h2-6,12,15,17,25,27H,7-8H2,1H3,(H,21,26)(H,22,23,28,29)/t12-,15-,17?,19?/m1/s1. The molecule has 2 amide bonds. The van der Waals surface area contributed by atoms with E-state index in [1.54, 1.807) is 12.1 Å². The number of hydrogen-bond acceptors (Lipinski definition) is 7. The van der Waals surface area contributed by atoms with Crippen LogP contribution in [0, 0.1) is 0 Å². The van der Waals surface area contributed by atoms with Gasteiger partial charge in [-0.2, -0.15) is 4.98 Å². The first-order valence-electron chi connectivity index (χ1n) is 9.17. The molecule has 4 rings (SSSR count). The van der Waals surface area contributed by atoms with E-state index in [9.17, 15) is 29.0 Å². The van der Waals surface area contributed by atoms with Crippen molar-refractivity contribution < 1.29 is 28.9 Å². The van der Waals surface area contributed by atoms with Crippen molar-refractivity contribution in [2.24, 2.45) is 0 Å². The Bertz CT molecular complexity index is 1080. The zero-order valence-corrected chi connectivity index (χ0v) is 15.8. The molecule has 0 aliphatic carbocycles. The third-order valence-corrected chi connectivity index (χ3v) is 5.21. The molecule has 0 bridgehead atoms. The van der Waals surface area contributed by atoms with Crippen molar-refractivity contribution in [3.63, 3.8) is 0 Å². The summed E-state index contributed by atoms with van der Waals surface area (Å²) in [7, 11) is 0. The number of carbonyl (C=O) groups is 2. The van der Waals surface area contributed by atoms with Crippen LogP contribution in [0.4, 0.5) is 15.9 Å². The predicted octanol–water partition coefficient (Wildman–Crippen LogP) is -0.0310. The molecule has 0 radical (unpaired) electrons. The van der Waals surface area contributed by atoms with Crippen molar-refractivity contribution in [2.45, 2.75) is 37.4 Å². The maximum Gasteiger partial charge on any atom is 0.351 e. The second kappa shape index (κ2) is 7.27. The molecule has 30 heavy (non-hydrogen) atoms. The summed E-state index contributed by atoms with van der Waals surface area (Å²) < 4.78 is 21.0. The van der Waals surface area contributed by atoms with E-state index >= 15 is 0 Å². The van der Waals surface area contributed by atoms with Crippen LogP contribution in [-0.4, -0.2) is 56.1 Å². The number of fused-ring (bicyclic) bond motifs is 1. The minimum atomic E-state index is -2.33. The molecule has 1 fully saturated rings. The topological polar surface area (TPSA) is 143 Å². The van der Waals surface area contributed by atoms with Gasteiger partial charge in [0, 0.05) is 17.4 Å². The van der Waals surface area contributed by atoms with Crippen LogP contribution in [0.2, 0.25) is 0 Å². The lowest BCUT2D eigenvalue weighted by Crippen LogP contribution is -2.42. The average Bonchev–Trinajstić information content (AvgIpc) is 3.18. The van der Waals surface area contributed by atoms with E-state index in [0.717, 1.165) is 11.5 Å². The number of amides is 2. The summed E-state index contributed by atoms with van der Waals surface area (Å²) in [4.78, 5) is 40.0. The number of halogens is 1. The molecule has 1 saturated heterocycles. The van der Waals surface area contributed by atoms with Crippen LogP contribution < -0.4 is 16.3 Å². The number of anilines is 2. The van der Waals surface area contributed by atoms with Crippen molar-refractivity contribution in [1.29, 1.82) is 0 Å². The van der Waals surface area contributed by atoms with Gasteiger partial charge in [0.05, 0.1) is 13.0 Å². The Morgan fingerprint density at radius 1 is 1.43 bits per heavy atom.